The second-order valence-electron chi connectivity index (χ2n) is 5.55. The number of hydrogen-bond acceptors (Lipinski definition) is 6. The molecule has 0 amide bonds. The van der Waals surface area contributed by atoms with E-state index in [1.807, 2.05) is 18.9 Å². The summed E-state index contributed by atoms with van der Waals surface area (Å²) in [6, 6.07) is 0. The average Bonchev–Trinajstić information content (AvgIpc) is 2.98. The normalized spacial score (nSPS) is 16.7. The topological polar surface area (TPSA) is 76.3 Å². The minimum Gasteiger partial charge on any atom is -0.382 e. The lowest BCUT2D eigenvalue weighted by Gasteiger charge is -2.22. The Bertz CT molecular complexity index is 548. The van der Waals surface area contributed by atoms with Gasteiger partial charge in [0.05, 0.1) is 5.75 Å². The first-order chi connectivity index (χ1) is 9.45. The van der Waals surface area contributed by atoms with Crippen LogP contribution in [0.4, 0.5) is 10.8 Å². The van der Waals surface area contributed by atoms with Gasteiger partial charge in [-0.2, -0.15) is 4.37 Å². The highest BCUT2D eigenvalue weighted by Gasteiger charge is 2.28. The van der Waals surface area contributed by atoms with Crippen molar-refractivity contribution in [1.82, 2.24) is 4.37 Å². The lowest BCUT2D eigenvalue weighted by molar-refractivity contribution is 0.546. The van der Waals surface area contributed by atoms with Gasteiger partial charge in [0.15, 0.2) is 15.7 Å². The fourth-order valence-electron chi connectivity index (χ4n) is 2.85. The first-order valence-electron chi connectivity index (χ1n) is 7.14. The van der Waals surface area contributed by atoms with Crippen LogP contribution in [-0.2, 0) is 9.84 Å². The monoisotopic (exact) mass is 317 g/mol. The molecule has 0 aromatic carbocycles. The summed E-state index contributed by atoms with van der Waals surface area (Å²) in [6.45, 7) is 2.74. The Kier molecular flexibility index (Phi) is 4.90. The van der Waals surface area contributed by atoms with Gasteiger partial charge in [-0.3, -0.25) is 0 Å². The maximum atomic E-state index is 12.3. The summed E-state index contributed by atoms with van der Waals surface area (Å²) in [5.41, 5.74) is 5.80. The van der Waals surface area contributed by atoms with E-state index in [4.69, 9.17) is 5.73 Å². The molecule has 1 aromatic rings. The second kappa shape index (κ2) is 6.30. The van der Waals surface area contributed by atoms with Crippen molar-refractivity contribution >= 4 is 32.2 Å². The van der Waals surface area contributed by atoms with Crippen molar-refractivity contribution in [2.45, 2.75) is 43.9 Å². The number of nitrogens with two attached hydrogens (primary N) is 1. The molecular weight excluding hydrogens is 294 g/mol. The molecule has 0 radical (unpaired) electrons. The lowest BCUT2D eigenvalue weighted by Crippen LogP contribution is -2.25. The zero-order valence-electron chi connectivity index (χ0n) is 12.1. The van der Waals surface area contributed by atoms with Crippen LogP contribution in [-0.4, -0.2) is 32.1 Å². The molecular formula is C13H23N3O2S2. The second-order valence-corrected chi connectivity index (χ2v) is 8.35. The molecule has 0 unspecified atom stereocenters. The van der Waals surface area contributed by atoms with Gasteiger partial charge in [-0.15, -0.1) is 0 Å². The highest BCUT2D eigenvalue weighted by molar-refractivity contribution is 7.91. The van der Waals surface area contributed by atoms with Crippen molar-refractivity contribution in [2.75, 3.05) is 30.0 Å². The molecule has 1 heterocycles. The van der Waals surface area contributed by atoms with Gasteiger partial charge in [-0.1, -0.05) is 19.8 Å². The highest BCUT2D eigenvalue weighted by Crippen LogP contribution is 2.36. The largest absolute Gasteiger partial charge is 0.382 e. The Morgan fingerprint density at radius 3 is 2.65 bits per heavy atom. The molecule has 1 fully saturated rings. The minimum atomic E-state index is -3.33. The summed E-state index contributed by atoms with van der Waals surface area (Å²) < 4.78 is 28.7. The Morgan fingerprint density at radius 1 is 1.40 bits per heavy atom. The van der Waals surface area contributed by atoms with Crippen molar-refractivity contribution in [3.63, 3.8) is 0 Å². The predicted octanol–water partition coefficient (Wildman–Crippen LogP) is 2.54. The van der Waals surface area contributed by atoms with E-state index in [-0.39, 0.29) is 16.5 Å². The van der Waals surface area contributed by atoms with Gasteiger partial charge in [0.2, 0.25) is 0 Å². The summed E-state index contributed by atoms with van der Waals surface area (Å²) in [5.74, 6) is 0.932. The fourth-order valence-corrected chi connectivity index (χ4v) is 5.61. The molecule has 2 N–H and O–H groups in total. The SMILES string of the molecule is CCCS(=O)(=O)c1c(N)nsc1N(C)CC1CCCC1. The molecule has 0 atom stereocenters. The van der Waals surface area contributed by atoms with Gasteiger partial charge in [0.25, 0.3) is 0 Å². The molecule has 1 aromatic heterocycles. The third kappa shape index (κ3) is 3.25. The van der Waals surface area contributed by atoms with Crippen molar-refractivity contribution < 1.29 is 8.42 Å². The van der Waals surface area contributed by atoms with Crippen LogP contribution in [0, 0.1) is 5.92 Å². The number of aromatic nitrogens is 1. The number of nitrogen functional groups attached to an aromatic ring is 1. The predicted molar refractivity (Wildman–Crippen MR) is 84.1 cm³/mol. The Labute approximate surface area is 125 Å². The van der Waals surface area contributed by atoms with Crippen LogP contribution in [0.3, 0.4) is 0 Å². The van der Waals surface area contributed by atoms with Gasteiger partial charge >= 0.3 is 0 Å². The van der Waals surface area contributed by atoms with Gasteiger partial charge in [-0.05, 0) is 36.7 Å². The van der Waals surface area contributed by atoms with Gasteiger partial charge in [0.1, 0.15) is 9.90 Å². The Balaban J connectivity index is 2.23. The zero-order chi connectivity index (χ0) is 14.8. The van der Waals surface area contributed by atoms with Crippen LogP contribution in [0.25, 0.3) is 0 Å². The van der Waals surface area contributed by atoms with Crippen LogP contribution in [0.5, 0.6) is 0 Å². The number of nitrogens with zero attached hydrogens (tertiary/aromatic N) is 2. The molecule has 20 heavy (non-hydrogen) atoms. The lowest BCUT2D eigenvalue weighted by atomic mass is 10.1. The van der Waals surface area contributed by atoms with Gasteiger partial charge in [-0.25, -0.2) is 8.42 Å². The smallest absolute Gasteiger partial charge is 0.185 e. The van der Waals surface area contributed by atoms with Crippen molar-refractivity contribution in [2.24, 2.45) is 5.92 Å². The maximum Gasteiger partial charge on any atom is 0.185 e. The van der Waals surface area contributed by atoms with Crippen LogP contribution in [0.1, 0.15) is 39.0 Å². The number of anilines is 2. The first kappa shape index (κ1) is 15.6. The van der Waals surface area contributed by atoms with E-state index >= 15 is 0 Å². The van der Waals surface area contributed by atoms with E-state index in [0.29, 0.717) is 17.3 Å². The molecule has 2 rings (SSSR count). The molecule has 1 saturated carbocycles. The molecule has 7 heteroatoms. The van der Waals surface area contributed by atoms with E-state index in [1.165, 1.54) is 37.2 Å². The quantitative estimate of drug-likeness (QED) is 0.872. The molecule has 0 spiro atoms. The molecule has 0 aliphatic heterocycles. The third-order valence-corrected chi connectivity index (χ3v) is 6.87. The summed E-state index contributed by atoms with van der Waals surface area (Å²) in [6.07, 6.45) is 5.61. The molecule has 0 bridgehead atoms. The van der Waals surface area contributed by atoms with Gasteiger partial charge in [0, 0.05) is 13.6 Å². The first-order valence-corrected chi connectivity index (χ1v) is 9.57. The molecule has 0 saturated heterocycles. The van der Waals surface area contributed by atoms with E-state index in [1.54, 1.807) is 0 Å². The van der Waals surface area contributed by atoms with Gasteiger partial charge < -0.3 is 10.6 Å². The summed E-state index contributed by atoms with van der Waals surface area (Å²) in [4.78, 5) is 2.26. The third-order valence-electron chi connectivity index (χ3n) is 3.79. The molecule has 5 nitrogen and oxygen atoms in total. The summed E-state index contributed by atoms with van der Waals surface area (Å²) >= 11 is 1.19. The van der Waals surface area contributed by atoms with Crippen LogP contribution in [0.2, 0.25) is 0 Å². The standard InChI is InChI=1S/C13H23N3O2S2/c1-3-8-20(17,18)11-12(14)15-19-13(11)16(2)9-10-6-4-5-7-10/h10H,3-9H2,1-2H3,(H2,14,15). The number of sulfone groups is 1. The van der Waals surface area contributed by atoms with E-state index in [0.717, 1.165) is 6.54 Å². The van der Waals surface area contributed by atoms with Crippen LogP contribution >= 0.6 is 11.5 Å². The fraction of sp³-hybridized carbons (Fsp3) is 0.769. The number of hydrogen-bond donors (Lipinski definition) is 1. The zero-order valence-corrected chi connectivity index (χ0v) is 13.8. The molecule has 1 aliphatic rings. The highest BCUT2D eigenvalue weighted by atomic mass is 32.2. The van der Waals surface area contributed by atoms with Crippen molar-refractivity contribution in [3.8, 4) is 0 Å². The number of rotatable bonds is 6. The van der Waals surface area contributed by atoms with Crippen LogP contribution in [0.15, 0.2) is 4.90 Å². The molecule has 1 aliphatic carbocycles. The van der Waals surface area contributed by atoms with Crippen molar-refractivity contribution in [3.05, 3.63) is 0 Å². The minimum absolute atomic E-state index is 0.125. The average molecular weight is 317 g/mol. The van der Waals surface area contributed by atoms with Crippen LogP contribution < -0.4 is 10.6 Å². The summed E-state index contributed by atoms with van der Waals surface area (Å²) in [5, 5.41) is 0.697. The maximum absolute atomic E-state index is 12.3. The Morgan fingerprint density at radius 2 is 2.05 bits per heavy atom. The molecule has 114 valence electrons. The Hall–Kier alpha value is -0.820. The van der Waals surface area contributed by atoms with E-state index in [9.17, 15) is 8.42 Å². The van der Waals surface area contributed by atoms with E-state index < -0.39 is 9.84 Å². The van der Waals surface area contributed by atoms with E-state index in [2.05, 4.69) is 4.37 Å². The van der Waals surface area contributed by atoms with Crippen molar-refractivity contribution in [1.29, 1.82) is 0 Å². The summed E-state index contributed by atoms with van der Waals surface area (Å²) in [7, 11) is -1.39.